The molecule has 0 aliphatic rings. The van der Waals surface area contributed by atoms with Crippen LogP contribution in [0.15, 0.2) is 91.0 Å². The third kappa shape index (κ3) is 14.3. The maximum absolute atomic E-state index is 12.8. The number of amides is 3. The first-order valence-corrected chi connectivity index (χ1v) is 14.7. The Morgan fingerprint density at radius 3 is 1.74 bits per heavy atom. The lowest BCUT2D eigenvalue weighted by Crippen LogP contribution is -2.46. The summed E-state index contributed by atoms with van der Waals surface area (Å²) in [6.07, 6.45) is 3.64. The van der Waals surface area contributed by atoms with Gasteiger partial charge in [0, 0.05) is 25.8 Å². The molecule has 1 atom stereocenters. The monoisotopic (exact) mass is 587 g/mol. The number of nitrogens with one attached hydrogen (secondary N) is 3. The normalized spacial score (nSPS) is 11.3. The average Bonchev–Trinajstić information content (AvgIpc) is 3.04. The van der Waals surface area contributed by atoms with Crippen molar-refractivity contribution in [3.63, 3.8) is 0 Å². The maximum Gasteiger partial charge on any atom is 0.306 e. The van der Waals surface area contributed by atoms with E-state index in [9.17, 15) is 19.2 Å². The predicted molar refractivity (Wildman–Crippen MR) is 163 cm³/mol. The number of rotatable bonds is 19. The Bertz CT molecular complexity index is 1250. The van der Waals surface area contributed by atoms with Gasteiger partial charge in [0.25, 0.3) is 5.91 Å². The average molecular weight is 588 g/mol. The standard InChI is InChI=1S/C34H41N3O6/c38-31(35-24-27-14-6-3-7-15-27)20-12-1-2-13-21-32(39)36-30(34(41)37-43-26-29-18-10-5-11-19-29)22-23-33(40)42-25-28-16-8-4-9-17-28/h3-11,14-19,30H,1-2,12-13,20-26H2,(H,35,38)(H,36,39)(H,37,41)/t30-/m1/s1. The second kappa shape index (κ2) is 19.6. The molecule has 3 aromatic rings. The van der Waals surface area contributed by atoms with Crippen LogP contribution in [0, 0.1) is 0 Å². The van der Waals surface area contributed by atoms with E-state index in [2.05, 4.69) is 16.1 Å². The van der Waals surface area contributed by atoms with Crippen LogP contribution in [0.1, 0.15) is 68.1 Å². The summed E-state index contributed by atoms with van der Waals surface area (Å²) in [6, 6.07) is 27.4. The van der Waals surface area contributed by atoms with Crippen LogP contribution in [-0.2, 0) is 48.5 Å². The molecule has 0 heterocycles. The van der Waals surface area contributed by atoms with E-state index in [0.717, 1.165) is 36.0 Å². The lowest BCUT2D eigenvalue weighted by atomic mass is 10.1. The van der Waals surface area contributed by atoms with Crippen molar-refractivity contribution in [2.24, 2.45) is 0 Å². The molecular weight excluding hydrogens is 546 g/mol. The Kier molecular flexibility index (Phi) is 15.0. The Morgan fingerprint density at radius 2 is 1.14 bits per heavy atom. The molecule has 0 bridgehead atoms. The van der Waals surface area contributed by atoms with Gasteiger partial charge >= 0.3 is 5.97 Å². The minimum atomic E-state index is -0.958. The van der Waals surface area contributed by atoms with Crippen molar-refractivity contribution in [1.29, 1.82) is 0 Å². The number of hydroxylamine groups is 1. The molecule has 0 radical (unpaired) electrons. The van der Waals surface area contributed by atoms with Crippen LogP contribution in [0.2, 0.25) is 0 Å². The number of hydrogen-bond donors (Lipinski definition) is 3. The first-order valence-electron chi connectivity index (χ1n) is 14.7. The summed E-state index contributed by atoms with van der Waals surface area (Å²) in [5, 5.41) is 5.65. The van der Waals surface area contributed by atoms with E-state index >= 15 is 0 Å². The van der Waals surface area contributed by atoms with Gasteiger partial charge in [-0.1, -0.05) is 104 Å². The number of benzene rings is 3. The lowest BCUT2D eigenvalue weighted by molar-refractivity contribution is -0.146. The van der Waals surface area contributed by atoms with Crippen molar-refractivity contribution in [3.8, 4) is 0 Å². The largest absolute Gasteiger partial charge is 0.461 e. The van der Waals surface area contributed by atoms with Crippen LogP contribution < -0.4 is 16.1 Å². The van der Waals surface area contributed by atoms with Crippen molar-refractivity contribution in [2.45, 2.75) is 77.2 Å². The Morgan fingerprint density at radius 1 is 0.605 bits per heavy atom. The van der Waals surface area contributed by atoms with Gasteiger partial charge in [-0.05, 0) is 36.0 Å². The summed E-state index contributed by atoms with van der Waals surface area (Å²) >= 11 is 0. The smallest absolute Gasteiger partial charge is 0.306 e. The molecule has 0 fully saturated rings. The molecule has 3 aromatic carbocycles. The van der Waals surface area contributed by atoms with Crippen molar-refractivity contribution >= 4 is 23.7 Å². The summed E-state index contributed by atoms with van der Waals surface area (Å²) in [4.78, 5) is 55.2. The van der Waals surface area contributed by atoms with Gasteiger partial charge in [-0.15, -0.1) is 0 Å². The zero-order valence-electron chi connectivity index (χ0n) is 24.5. The molecule has 0 spiro atoms. The van der Waals surface area contributed by atoms with E-state index in [1.54, 1.807) is 0 Å². The first kappa shape index (κ1) is 33.0. The third-order valence-corrected chi connectivity index (χ3v) is 6.68. The molecule has 0 saturated heterocycles. The topological polar surface area (TPSA) is 123 Å². The molecule has 228 valence electrons. The highest BCUT2D eigenvalue weighted by molar-refractivity contribution is 5.87. The number of carbonyl (C=O) groups excluding carboxylic acids is 4. The molecule has 9 heteroatoms. The Balaban J connectivity index is 1.36. The fourth-order valence-corrected chi connectivity index (χ4v) is 4.25. The van der Waals surface area contributed by atoms with Gasteiger partial charge in [0.15, 0.2) is 0 Å². The van der Waals surface area contributed by atoms with Crippen LogP contribution in [-0.4, -0.2) is 29.7 Å². The van der Waals surface area contributed by atoms with Gasteiger partial charge in [-0.25, -0.2) is 5.48 Å². The SMILES string of the molecule is O=C(CCCCCCC(=O)N[C@H](CCC(=O)OCc1ccccc1)C(=O)NOCc1ccccc1)NCc1ccccc1. The molecule has 3 amide bonds. The fraction of sp³-hybridized carbons (Fsp3) is 0.353. The summed E-state index contributed by atoms with van der Waals surface area (Å²) in [5.41, 5.74) is 5.18. The number of hydrogen-bond acceptors (Lipinski definition) is 6. The zero-order chi connectivity index (χ0) is 30.5. The molecule has 0 aliphatic carbocycles. The van der Waals surface area contributed by atoms with E-state index in [1.807, 2.05) is 91.0 Å². The molecule has 3 N–H and O–H groups in total. The van der Waals surface area contributed by atoms with Crippen molar-refractivity contribution in [1.82, 2.24) is 16.1 Å². The highest BCUT2D eigenvalue weighted by Crippen LogP contribution is 2.09. The Labute approximate surface area is 253 Å². The molecule has 0 aromatic heterocycles. The highest BCUT2D eigenvalue weighted by atomic mass is 16.6. The van der Waals surface area contributed by atoms with E-state index < -0.39 is 17.9 Å². The van der Waals surface area contributed by atoms with Crippen LogP contribution in [0.5, 0.6) is 0 Å². The van der Waals surface area contributed by atoms with Crippen LogP contribution in [0.3, 0.4) is 0 Å². The lowest BCUT2D eigenvalue weighted by Gasteiger charge is -2.18. The summed E-state index contributed by atoms with van der Waals surface area (Å²) in [5.74, 6) is -1.29. The molecule has 0 unspecified atom stereocenters. The molecule has 0 aliphatic heterocycles. The van der Waals surface area contributed by atoms with Crippen molar-refractivity contribution < 1.29 is 28.8 Å². The number of ether oxygens (including phenoxy) is 1. The van der Waals surface area contributed by atoms with Crippen LogP contribution >= 0.6 is 0 Å². The Hall–Kier alpha value is -4.50. The zero-order valence-corrected chi connectivity index (χ0v) is 24.5. The molecule has 9 nitrogen and oxygen atoms in total. The van der Waals surface area contributed by atoms with E-state index in [0.29, 0.717) is 19.4 Å². The molecule has 3 rings (SSSR count). The van der Waals surface area contributed by atoms with Gasteiger partial charge in [0.2, 0.25) is 11.8 Å². The number of carbonyl (C=O) groups is 4. The van der Waals surface area contributed by atoms with Gasteiger partial charge < -0.3 is 15.4 Å². The fourth-order valence-electron chi connectivity index (χ4n) is 4.25. The predicted octanol–water partition coefficient (Wildman–Crippen LogP) is 4.90. The number of unbranched alkanes of at least 4 members (excludes halogenated alkanes) is 3. The third-order valence-electron chi connectivity index (χ3n) is 6.68. The summed E-state index contributed by atoms with van der Waals surface area (Å²) in [7, 11) is 0. The van der Waals surface area contributed by atoms with E-state index in [1.165, 1.54) is 0 Å². The second-order valence-corrected chi connectivity index (χ2v) is 10.2. The quantitative estimate of drug-likeness (QED) is 0.104. The number of esters is 1. The van der Waals surface area contributed by atoms with Gasteiger partial charge in [0.05, 0.1) is 6.61 Å². The van der Waals surface area contributed by atoms with E-state index in [-0.39, 0.29) is 44.3 Å². The van der Waals surface area contributed by atoms with Gasteiger partial charge in [-0.3, -0.25) is 24.0 Å². The molecule has 0 saturated carbocycles. The molecule has 43 heavy (non-hydrogen) atoms. The van der Waals surface area contributed by atoms with Crippen molar-refractivity contribution in [3.05, 3.63) is 108 Å². The minimum Gasteiger partial charge on any atom is -0.461 e. The highest BCUT2D eigenvalue weighted by Gasteiger charge is 2.22. The van der Waals surface area contributed by atoms with Gasteiger partial charge in [-0.2, -0.15) is 0 Å². The molecular formula is C34H41N3O6. The maximum atomic E-state index is 12.8. The second-order valence-electron chi connectivity index (χ2n) is 10.2. The van der Waals surface area contributed by atoms with E-state index in [4.69, 9.17) is 9.57 Å². The minimum absolute atomic E-state index is 0.00669. The first-order chi connectivity index (χ1) is 21.0. The van der Waals surface area contributed by atoms with Gasteiger partial charge in [0.1, 0.15) is 12.6 Å². The van der Waals surface area contributed by atoms with Crippen molar-refractivity contribution in [2.75, 3.05) is 0 Å². The van der Waals surface area contributed by atoms with Crippen LogP contribution in [0.25, 0.3) is 0 Å². The summed E-state index contributed by atoms with van der Waals surface area (Å²) < 4.78 is 5.32. The summed E-state index contributed by atoms with van der Waals surface area (Å²) in [6.45, 7) is 0.811. The van der Waals surface area contributed by atoms with Crippen LogP contribution in [0.4, 0.5) is 0 Å².